The molecule has 0 saturated carbocycles. The van der Waals surface area contributed by atoms with E-state index in [1.54, 1.807) is 30.3 Å². The van der Waals surface area contributed by atoms with E-state index >= 15 is 0 Å². The number of phenols is 1. The molecule has 0 atom stereocenters. The summed E-state index contributed by atoms with van der Waals surface area (Å²) in [5, 5.41) is 12.5. The molecule has 5 nitrogen and oxygen atoms in total. The highest BCUT2D eigenvalue weighted by atomic mass is 16.5. The average molecular weight is 375 g/mol. The van der Waals surface area contributed by atoms with Crippen molar-refractivity contribution >= 4 is 17.7 Å². The van der Waals surface area contributed by atoms with Crippen molar-refractivity contribution < 1.29 is 19.4 Å². The van der Waals surface area contributed by atoms with E-state index in [4.69, 9.17) is 9.47 Å². The summed E-state index contributed by atoms with van der Waals surface area (Å²) in [6, 6.07) is 22.0. The number of ether oxygens (including phenoxy) is 2. The second-order valence-corrected chi connectivity index (χ2v) is 6.05. The summed E-state index contributed by atoms with van der Waals surface area (Å²) < 4.78 is 10.7. The molecule has 0 saturated heterocycles. The van der Waals surface area contributed by atoms with Gasteiger partial charge in [0.05, 0.1) is 7.11 Å². The summed E-state index contributed by atoms with van der Waals surface area (Å²) in [6.45, 7) is 0.490. The summed E-state index contributed by atoms with van der Waals surface area (Å²) in [4.78, 5) is 12.1. The van der Waals surface area contributed by atoms with Gasteiger partial charge in [0, 0.05) is 11.8 Å². The first-order valence-corrected chi connectivity index (χ1v) is 8.77. The van der Waals surface area contributed by atoms with Crippen LogP contribution in [0.1, 0.15) is 11.1 Å². The topological polar surface area (TPSA) is 67.8 Å². The highest BCUT2D eigenvalue weighted by Crippen LogP contribution is 2.26. The summed E-state index contributed by atoms with van der Waals surface area (Å²) in [6.07, 6.45) is 3.02. The van der Waals surface area contributed by atoms with Crippen LogP contribution >= 0.6 is 0 Å². The van der Waals surface area contributed by atoms with E-state index in [1.165, 1.54) is 19.3 Å². The first-order valence-electron chi connectivity index (χ1n) is 8.77. The van der Waals surface area contributed by atoms with Crippen LogP contribution in [0.3, 0.4) is 0 Å². The number of benzene rings is 3. The van der Waals surface area contributed by atoms with Crippen LogP contribution < -0.4 is 14.8 Å². The number of rotatable bonds is 7. The van der Waals surface area contributed by atoms with Gasteiger partial charge in [0.15, 0.2) is 11.5 Å². The first kappa shape index (κ1) is 19.0. The van der Waals surface area contributed by atoms with Gasteiger partial charge in [-0.15, -0.1) is 0 Å². The van der Waals surface area contributed by atoms with Gasteiger partial charge in [-0.1, -0.05) is 36.4 Å². The largest absolute Gasteiger partial charge is 0.504 e. The number of methoxy groups -OCH3 is 1. The zero-order valence-corrected chi connectivity index (χ0v) is 15.5. The van der Waals surface area contributed by atoms with E-state index in [9.17, 15) is 9.90 Å². The molecule has 3 aromatic carbocycles. The van der Waals surface area contributed by atoms with Gasteiger partial charge in [-0.2, -0.15) is 0 Å². The van der Waals surface area contributed by atoms with Crippen molar-refractivity contribution in [1.82, 2.24) is 0 Å². The maximum absolute atomic E-state index is 12.1. The zero-order valence-electron chi connectivity index (χ0n) is 15.5. The van der Waals surface area contributed by atoms with Gasteiger partial charge in [-0.3, -0.25) is 4.79 Å². The molecule has 0 spiro atoms. The predicted molar refractivity (Wildman–Crippen MR) is 110 cm³/mol. The van der Waals surface area contributed by atoms with Crippen LogP contribution in [0.2, 0.25) is 0 Å². The molecule has 1 amide bonds. The van der Waals surface area contributed by atoms with Gasteiger partial charge < -0.3 is 19.9 Å². The molecular formula is C23H21NO4. The predicted octanol–water partition coefficient (Wildman–Crippen LogP) is 4.63. The van der Waals surface area contributed by atoms with Crippen molar-refractivity contribution in [3.63, 3.8) is 0 Å². The number of carbonyl (C=O) groups is 1. The maximum Gasteiger partial charge on any atom is 0.248 e. The molecule has 0 aromatic heterocycles. The van der Waals surface area contributed by atoms with E-state index in [0.717, 1.165) is 11.3 Å². The van der Waals surface area contributed by atoms with Crippen LogP contribution in [0.25, 0.3) is 6.08 Å². The third kappa shape index (κ3) is 5.38. The second-order valence-electron chi connectivity index (χ2n) is 6.05. The van der Waals surface area contributed by atoms with Crippen LogP contribution in [0.15, 0.2) is 78.9 Å². The molecule has 28 heavy (non-hydrogen) atoms. The van der Waals surface area contributed by atoms with E-state index in [0.29, 0.717) is 23.6 Å². The molecule has 0 unspecified atom stereocenters. The number of amides is 1. The Morgan fingerprint density at radius 3 is 2.46 bits per heavy atom. The Morgan fingerprint density at radius 2 is 1.79 bits per heavy atom. The highest BCUT2D eigenvalue weighted by molar-refractivity contribution is 6.01. The SMILES string of the molecule is COc1ccc(/C=C/C(=O)Nc2ccc(OCc3ccccc3)cc2)cc1O. The highest BCUT2D eigenvalue weighted by Gasteiger charge is 2.02. The molecule has 0 aliphatic rings. The molecule has 0 heterocycles. The summed E-state index contributed by atoms with van der Waals surface area (Å²) in [5.74, 6) is 0.867. The van der Waals surface area contributed by atoms with Gasteiger partial charge >= 0.3 is 0 Å². The fraction of sp³-hybridized carbons (Fsp3) is 0.0870. The molecule has 0 aliphatic heterocycles. The summed E-state index contributed by atoms with van der Waals surface area (Å²) in [5.41, 5.74) is 2.45. The molecule has 142 valence electrons. The van der Waals surface area contributed by atoms with Crippen molar-refractivity contribution in [2.75, 3.05) is 12.4 Å². The monoisotopic (exact) mass is 375 g/mol. The molecule has 0 bridgehead atoms. The molecular weight excluding hydrogens is 354 g/mol. The van der Waals surface area contributed by atoms with Crippen LogP contribution in [-0.4, -0.2) is 18.1 Å². The molecule has 0 aliphatic carbocycles. The number of anilines is 1. The number of hydrogen-bond acceptors (Lipinski definition) is 4. The Morgan fingerprint density at radius 1 is 1.04 bits per heavy atom. The lowest BCUT2D eigenvalue weighted by atomic mass is 10.2. The molecule has 0 fully saturated rings. The summed E-state index contributed by atoms with van der Waals surface area (Å²) >= 11 is 0. The van der Waals surface area contributed by atoms with E-state index in [2.05, 4.69) is 5.32 Å². The number of hydrogen-bond donors (Lipinski definition) is 2. The number of nitrogens with one attached hydrogen (secondary N) is 1. The lowest BCUT2D eigenvalue weighted by Crippen LogP contribution is -2.07. The van der Waals surface area contributed by atoms with Crippen LogP contribution in [0.5, 0.6) is 17.2 Å². The quantitative estimate of drug-likeness (QED) is 0.591. The van der Waals surface area contributed by atoms with Crippen molar-refractivity contribution in [2.45, 2.75) is 6.61 Å². The average Bonchev–Trinajstić information content (AvgIpc) is 2.72. The fourth-order valence-electron chi connectivity index (χ4n) is 2.54. The molecule has 3 aromatic rings. The van der Waals surface area contributed by atoms with Gasteiger partial charge in [0.1, 0.15) is 12.4 Å². The van der Waals surface area contributed by atoms with E-state index in [1.807, 2.05) is 42.5 Å². The minimum absolute atomic E-state index is 0.0242. The van der Waals surface area contributed by atoms with Crippen molar-refractivity contribution in [3.05, 3.63) is 90.0 Å². The normalized spacial score (nSPS) is 10.6. The Balaban J connectivity index is 1.53. The minimum Gasteiger partial charge on any atom is -0.504 e. The van der Waals surface area contributed by atoms with E-state index < -0.39 is 0 Å². The van der Waals surface area contributed by atoms with Gasteiger partial charge in [0.2, 0.25) is 5.91 Å². The van der Waals surface area contributed by atoms with Crippen LogP contribution in [-0.2, 0) is 11.4 Å². The third-order valence-electron chi connectivity index (χ3n) is 4.00. The molecule has 5 heteroatoms. The van der Waals surface area contributed by atoms with Crippen LogP contribution in [0, 0.1) is 0 Å². The van der Waals surface area contributed by atoms with Crippen molar-refractivity contribution in [3.8, 4) is 17.2 Å². The van der Waals surface area contributed by atoms with Crippen molar-refractivity contribution in [1.29, 1.82) is 0 Å². The third-order valence-corrected chi connectivity index (χ3v) is 4.00. The van der Waals surface area contributed by atoms with Gasteiger partial charge in [-0.25, -0.2) is 0 Å². The number of aromatic hydroxyl groups is 1. The zero-order chi connectivity index (χ0) is 19.8. The first-order chi connectivity index (χ1) is 13.6. The maximum atomic E-state index is 12.1. The van der Waals surface area contributed by atoms with Crippen LogP contribution in [0.4, 0.5) is 5.69 Å². The minimum atomic E-state index is -0.270. The van der Waals surface area contributed by atoms with Gasteiger partial charge in [0.25, 0.3) is 0 Å². The molecule has 3 rings (SSSR count). The Bertz CT molecular complexity index is 950. The molecule has 0 radical (unpaired) electrons. The fourth-order valence-corrected chi connectivity index (χ4v) is 2.54. The lowest BCUT2D eigenvalue weighted by Gasteiger charge is -2.08. The Labute approximate surface area is 163 Å². The van der Waals surface area contributed by atoms with Crippen molar-refractivity contribution in [2.24, 2.45) is 0 Å². The molecule has 2 N–H and O–H groups in total. The second kappa shape index (κ2) is 9.28. The standard InChI is InChI=1S/C23H21NO4/c1-27-22-13-7-17(15-21(22)25)8-14-23(26)24-19-9-11-20(12-10-19)28-16-18-5-3-2-4-6-18/h2-15,25H,16H2,1H3,(H,24,26)/b14-8+. The lowest BCUT2D eigenvalue weighted by molar-refractivity contribution is -0.111. The van der Waals surface area contributed by atoms with Gasteiger partial charge in [-0.05, 0) is 53.6 Å². The van der Waals surface area contributed by atoms with E-state index in [-0.39, 0.29) is 11.7 Å². The number of carbonyl (C=O) groups excluding carboxylic acids is 1. The smallest absolute Gasteiger partial charge is 0.248 e. The summed E-state index contributed by atoms with van der Waals surface area (Å²) in [7, 11) is 1.48. The number of phenolic OH excluding ortho intramolecular Hbond substituents is 1. The Kier molecular flexibility index (Phi) is 6.31. The Hall–Kier alpha value is -3.73.